The first-order valence-corrected chi connectivity index (χ1v) is 10.5. The van der Waals surface area contributed by atoms with E-state index in [0.717, 1.165) is 58.0 Å². The zero-order valence-electron chi connectivity index (χ0n) is 16.6. The minimum Gasteiger partial charge on any atom is -0.378 e. The average Bonchev–Trinajstić information content (AvgIpc) is 3.05. The van der Waals surface area contributed by atoms with Gasteiger partial charge in [-0.05, 0) is 38.9 Å². The molecule has 0 amide bonds. The first-order valence-electron chi connectivity index (χ1n) is 10.5. The number of ether oxygens (including phenoxy) is 1. The number of likely N-dealkylation sites (N-methyl/N-ethyl adjacent to an activating group) is 1. The molecule has 3 saturated heterocycles. The number of hydrogen-bond acceptors (Lipinski definition) is 5. The van der Waals surface area contributed by atoms with E-state index in [-0.39, 0.29) is 5.56 Å². The quantitative estimate of drug-likeness (QED) is 0.782. The molecule has 0 unspecified atom stereocenters. The molecule has 5 rings (SSSR count). The second-order valence-corrected chi connectivity index (χ2v) is 9.28. The van der Waals surface area contributed by atoms with Gasteiger partial charge in [0.15, 0.2) is 0 Å². The Hall–Kier alpha value is -1.21. The molecule has 4 aliphatic rings. The molecule has 4 aliphatic heterocycles. The fraction of sp³-hybridized carbons (Fsp3) is 0.762. The van der Waals surface area contributed by atoms with Gasteiger partial charge in [-0.25, -0.2) is 0 Å². The average molecular weight is 373 g/mol. The number of hydrogen-bond donors (Lipinski definition) is 0. The van der Waals surface area contributed by atoms with Gasteiger partial charge in [-0.2, -0.15) is 0 Å². The smallest absolute Gasteiger partial charge is 0.255 e. The van der Waals surface area contributed by atoms with E-state index in [0.29, 0.717) is 23.9 Å². The molecule has 148 valence electrons. The van der Waals surface area contributed by atoms with Crippen LogP contribution in [0.1, 0.15) is 30.0 Å². The van der Waals surface area contributed by atoms with Gasteiger partial charge in [0, 0.05) is 62.5 Å². The molecule has 3 fully saturated rings. The molecule has 6 heteroatoms. The molecule has 0 radical (unpaired) electrons. The number of nitrogens with zero attached hydrogens (tertiary/aromatic N) is 4. The third-order valence-corrected chi connectivity index (χ3v) is 7.22. The molecule has 6 nitrogen and oxygen atoms in total. The van der Waals surface area contributed by atoms with Crippen molar-refractivity contribution < 1.29 is 4.74 Å². The Bertz CT molecular complexity index is 757. The molecule has 0 spiro atoms. The fourth-order valence-electron chi connectivity index (χ4n) is 5.50. The van der Waals surface area contributed by atoms with Gasteiger partial charge >= 0.3 is 0 Å². The van der Waals surface area contributed by atoms with Gasteiger partial charge in [-0.3, -0.25) is 14.6 Å². The summed E-state index contributed by atoms with van der Waals surface area (Å²) in [7, 11) is 4.31. The van der Waals surface area contributed by atoms with E-state index in [1.807, 2.05) is 0 Å². The lowest BCUT2D eigenvalue weighted by Gasteiger charge is -2.47. The van der Waals surface area contributed by atoms with Crippen molar-refractivity contribution in [3.63, 3.8) is 0 Å². The zero-order chi connectivity index (χ0) is 18.5. The highest BCUT2D eigenvalue weighted by atomic mass is 16.5. The van der Waals surface area contributed by atoms with Crippen LogP contribution in [-0.4, -0.2) is 84.8 Å². The predicted octanol–water partition coefficient (Wildman–Crippen LogP) is 0.802. The lowest BCUT2D eigenvalue weighted by Crippen LogP contribution is -2.56. The largest absolute Gasteiger partial charge is 0.378 e. The van der Waals surface area contributed by atoms with Crippen molar-refractivity contribution in [1.29, 1.82) is 0 Å². The summed E-state index contributed by atoms with van der Waals surface area (Å²) < 4.78 is 7.51. The molecule has 0 saturated carbocycles. The van der Waals surface area contributed by atoms with E-state index in [2.05, 4.69) is 45.5 Å². The number of pyridine rings is 1. The lowest BCUT2D eigenvalue weighted by molar-refractivity contribution is -0.0827. The zero-order valence-corrected chi connectivity index (χ0v) is 16.6. The summed E-state index contributed by atoms with van der Waals surface area (Å²) in [6.07, 6.45) is 2.43. The monoisotopic (exact) mass is 372 g/mol. The van der Waals surface area contributed by atoms with Crippen LogP contribution in [0, 0.1) is 5.92 Å². The second kappa shape index (κ2) is 6.99. The maximum atomic E-state index is 13.2. The summed E-state index contributed by atoms with van der Waals surface area (Å²) in [6.45, 7) is 7.82. The summed E-state index contributed by atoms with van der Waals surface area (Å²) in [6, 6.07) is 5.58. The molecule has 0 aliphatic carbocycles. The maximum Gasteiger partial charge on any atom is 0.255 e. The van der Waals surface area contributed by atoms with Gasteiger partial charge < -0.3 is 14.2 Å². The fourth-order valence-corrected chi connectivity index (χ4v) is 5.50. The normalized spacial score (nSPS) is 31.9. The Morgan fingerprint density at radius 1 is 1.15 bits per heavy atom. The van der Waals surface area contributed by atoms with E-state index < -0.39 is 0 Å². The Morgan fingerprint density at radius 3 is 2.70 bits per heavy atom. The van der Waals surface area contributed by atoms with Crippen LogP contribution in [0.5, 0.6) is 0 Å². The number of aromatic nitrogens is 1. The van der Waals surface area contributed by atoms with Gasteiger partial charge in [0.2, 0.25) is 0 Å². The summed E-state index contributed by atoms with van der Waals surface area (Å²) in [5.41, 5.74) is 2.50. The van der Waals surface area contributed by atoms with Crippen molar-refractivity contribution in [1.82, 2.24) is 19.3 Å². The molecule has 1 aromatic heterocycles. The Kier molecular flexibility index (Phi) is 4.63. The van der Waals surface area contributed by atoms with E-state index in [4.69, 9.17) is 4.74 Å². The molecule has 3 atom stereocenters. The molecule has 0 N–H and O–H groups in total. The maximum absolute atomic E-state index is 13.2. The highest BCUT2D eigenvalue weighted by Gasteiger charge is 2.39. The van der Waals surface area contributed by atoms with Crippen LogP contribution in [-0.2, 0) is 17.8 Å². The number of fused-ring (bicyclic) bond motifs is 4. The second-order valence-electron chi connectivity index (χ2n) is 9.28. The Labute approximate surface area is 161 Å². The van der Waals surface area contributed by atoms with Crippen LogP contribution in [0.15, 0.2) is 16.9 Å². The van der Waals surface area contributed by atoms with Crippen LogP contribution >= 0.6 is 0 Å². The van der Waals surface area contributed by atoms with Gasteiger partial charge in [-0.1, -0.05) is 6.07 Å². The standard InChI is InChI=1S/C21H32N4O2/c1-22(2)18-5-6-23(12-18)10-16-3-4-20-17-7-15(9-25(20)21(16)26)8-24(11-17)19-13-27-14-19/h3-4,15,17-19H,5-14H2,1-2H3/t15-,17+,18+/m0/s1. The van der Waals surface area contributed by atoms with Crippen molar-refractivity contribution in [2.45, 2.75) is 43.9 Å². The van der Waals surface area contributed by atoms with Crippen molar-refractivity contribution in [2.24, 2.45) is 5.92 Å². The van der Waals surface area contributed by atoms with Crippen LogP contribution in [0.25, 0.3) is 0 Å². The van der Waals surface area contributed by atoms with Crippen LogP contribution in [0.4, 0.5) is 0 Å². The molecule has 5 heterocycles. The predicted molar refractivity (Wildman–Crippen MR) is 105 cm³/mol. The summed E-state index contributed by atoms with van der Waals surface area (Å²) in [5, 5.41) is 0. The Morgan fingerprint density at radius 2 is 2.00 bits per heavy atom. The van der Waals surface area contributed by atoms with Crippen LogP contribution < -0.4 is 5.56 Å². The molecule has 0 aromatic carbocycles. The van der Waals surface area contributed by atoms with Gasteiger partial charge in [-0.15, -0.1) is 0 Å². The van der Waals surface area contributed by atoms with Crippen molar-refractivity contribution in [3.8, 4) is 0 Å². The minimum atomic E-state index is 0.260. The summed E-state index contributed by atoms with van der Waals surface area (Å²) >= 11 is 0. The van der Waals surface area contributed by atoms with Crippen LogP contribution in [0.3, 0.4) is 0 Å². The first kappa shape index (κ1) is 17.9. The molecular formula is C21H32N4O2. The molecule has 1 aromatic rings. The Balaban J connectivity index is 1.34. The SMILES string of the molecule is CN(C)[C@@H]1CCN(Cc2ccc3n(c2=O)C[C@H]2C[C@@H]3CN(C3COC3)C2)C1. The lowest BCUT2D eigenvalue weighted by atomic mass is 9.82. The van der Waals surface area contributed by atoms with Crippen molar-refractivity contribution >= 4 is 0 Å². The van der Waals surface area contributed by atoms with Gasteiger partial charge in [0.25, 0.3) is 5.56 Å². The topological polar surface area (TPSA) is 41.0 Å². The molecular weight excluding hydrogens is 340 g/mol. The van der Waals surface area contributed by atoms with E-state index >= 15 is 0 Å². The van der Waals surface area contributed by atoms with E-state index in [1.165, 1.54) is 18.5 Å². The number of rotatable bonds is 4. The van der Waals surface area contributed by atoms with Gasteiger partial charge in [0.1, 0.15) is 0 Å². The molecule has 2 bridgehead atoms. The van der Waals surface area contributed by atoms with Gasteiger partial charge in [0.05, 0.1) is 19.3 Å². The summed E-state index contributed by atoms with van der Waals surface area (Å²) in [5.74, 6) is 1.11. The number of piperidine rings is 1. The summed E-state index contributed by atoms with van der Waals surface area (Å²) in [4.78, 5) is 20.6. The van der Waals surface area contributed by atoms with Crippen LogP contribution in [0.2, 0.25) is 0 Å². The third kappa shape index (κ3) is 3.27. The third-order valence-electron chi connectivity index (χ3n) is 7.22. The minimum absolute atomic E-state index is 0.260. The van der Waals surface area contributed by atoms with Crippen molar-refractivity contribution in [3.05, 3.63) is 33.7 Å². The molecule has 27 heavy (non-hydrogen) atoms. The number of likely N-dealkylation sites (tertiary alicyclic amines) is 2. The van der Waals surface area contributed by atoms with Crippen molar-refractivity contribution in [2.75, 3.05) is 53.5 Å². The van der Waals surface area contributed by atoms with E-state index in [1.54, 1.807) is 0 Å². The first-order chi connectivity index (χ1) is 13.1. The highest BCUT2D eigenvalue weighted by Crippen LogP contribution is 2.36. The van der Waals surface area contributed by atoms with E-state index in [9.17, 15) is 4.79 Å². The highest BCUT2D eigenvalue weighted by molar-refractivity contribution is 5.22.